The van der Waals surface area contributed by atoms with Crippen molar-refractivity contribution in [1.29, 1.82) is 0 Å². The molecule has 6 aliphatic carbocycles. The van der Waals surface area contributed by atoms with E-state index in [9.17, 15) is 0 Å². The van der Waals surface area contributed by atoms with Crippen LogP contribution in [0.5, 0.6) is 0 Å². The first-order valence-electron chi connectivity index (χ1n) is 35.5. The molecule has 6 aliphatic rings. The first-order chi connectivity index (χ1) is 43.8. The highest BCUT2D eigenvalue weighted by Gasteiger charge is 2.36. The van der Waals surface area contributed by atoms with E-state index in [1.54, 1.807) is 16.7 Å². The van der Waals surface area contributed by atoms with Gasteiger partial charge in [-0.15, -0.1) is 0 Å². The van der Waals surface area contributed by atoms with Gasteiger partial charge >= 0.3 is 0 Å². The van der Waals surface area contributed by atoms with E-state index < -0.39 is 0 Å². The highest BCUT2D eigenvalue weighted by molar-refractivity contribution is 5.89. The summed E-state index contributed by atoms with van der Waals surface area (Å²) in [6.07, 6.45) is 26.4. The Morgan fingerprint density at radius 2 is 0.641 bits per heavy atom. The number of benzene rings is 6. The third kappa shape index (κ3) is 12.0. The van der Waals surface area contributed by atoms with E-state index in [-0.39, 0.29) is 0 Å². The highest BCUT2D eigenvalue weighted by Crippen LogP contribution is 2.50. The van der Waals surface area contributed by atoms with Crippen molar-refractivity contribution in [1.82, 2.24) is 0 Å². The molecule has 0 N–H and O–H groups in total. The standard InChI is InChI=1S/2C30H36N.C29H34N/c1-19-8-7-9-23-17-25-24(28(19)23)11-10-20(2)29(25)27-16-21(3)26(18-31(27)6)22-12-14-30(4,5)15-13-22;1-19-16-27(31(6)18-26(19)22-11-13-30(4,5)14-12-22)29-21(3)15-20(2)28-24-10-8-7-9-23(24)17-25(28)29;1-19-10-11-24-23-9-7-6-8-22(23)17-25(24)28(19)27-16-20(2)26(18-30(27)5)21-12-14-29(3,4)15-13-21/h7-11,16,18,22H,12-15,17H2,1-6H3;7-10,15-16,18,22H,11-14,17H2,1-6H3;6-11,16,18,21H,12-15,17H2,1-5H3/q3*+1. The lowest BCUT2D eigenvalue weighted by Gasteiger charge is -2.34. The monoisotopic (exact) mass is 1220 g/mol. The van der Waals surface area contributed by atoms with Crippen LogP contribution in [0.3, 0.4) is 0 Å². The third-order valence-corrected chi connectivity index (χ3v) is 23.9. The molecule has 6 aromatic carbocycles. The topological polar surface area (TPSA) is 11.6 Å². The van der Waals surface area contributed by atoms with Crippen molar-refractivity contribution in [2.45, 2.75) is 211 Å². The molecule has 92 heavy (non-hydrogen) atoms. The van der Waals surface area contributed by atoms with Crippen LogP contribution in [-0.2, 0) is 40.4 Å². The summed E-state index contributed by atoms with van der Waals surface area (Å²) in [5, 5.41) is 0. The fourth-order valence-corrected chi connectivity index (χ4v) is 18.2. The number of aromatic nitrogens is 3. The normalized spacial score (nSPS) is 17.5. The first kappa shape index (κ1) is 63.5. The van der Waals surface area contributed by atoms with E-state index in [4.69, 9.17) is 0 Å². The fraction of sp³-hybridized carbons (Fsp3) is 0.427. The van der Waals surface area contributed by atoms with Crippen LogP contribution in [0, 0.1) is 71.6 Å². The molecular weight excluding hydrogens is 1110 g/mol. The number of pyridine rings is 3. The van der Waals surface area contributed by atoms with E-state index in [2.05, 4.69) is 266 Å². The van der Waals surface area contributed by atoms with Crippen LogP contribution in [0.2, 0.25) is 0 Å². The summed E-state index contributed by atoms with van der Waals surface area (Å²) >= 11 is 0. The molecule has 3 saturated carbocycles. The molecule has 9 aromatic rings. The molecule has 0 unspecified atom stereocenters. The molecule has 3 heteroatoms. The SMILES string of the molecule is Cc1cc(-c2c(C)cc(C)c3c2Cc2ccccc2-3)[n+](C)cc1C1CCC(C)(C)CC1.Cc1cc(-c2c(C)ccc3c2Cc2cccc(C)c2-3)[n+](C)cc1C1CCC(C)(C)CC1.Cc1cc(-c2c(C)ccc3c2Cc2ccccc2-3)[n+](C)cc1C1CCC(C)(C)CC1. The fourth-order valence-electron chi connectivity index (χ4n) is 18.2. The van der Waals surface area contributed by atoms with E-state index >= 15 is 0 Å². The number of fused-ring (bicyclic) bond motifs is 9. The summed E-state index contributed by atoms with van der Waals surface area (Å²) in [6.45, 7) is 32.9. The molecule has 3 aromatic heterocycles. The average molecular weight is 1220 g/mol. The number of hydrogen-bond acceptors (Lipinski definition) is 0. The summed E-state index contributed by atoms with van der Waals surface area (Å²) < 4.78 is 7.21. The van der Waals surface area contributed by atoms with Gasteiger partial charge < -0.3 is 0 Å². The first-order valence-corrected chi connectivity index (χ1v) is 35.5. The van der Waals surface area contributed by atoms with Gasteiger partial charge in [-0.05, 0) is 297 Å². The molecule has 0 bridgehead atoms. The maximum atomic E-state index is 2.47. The molecule has 0 atom stereocenters. The van der Waals surface area contributed by atoms with Crippen molar-refractivity contribution in [3.8, 4) is 67.2 Å². The van der Waals surface area contributed by atoms with E-state index in [1.165, 1.54) is 222 Å². The maximum Gasteiger partial charge on any atom is 0.213 e. The molecule has 3 heterocycles. The van der Waals surface area contributed by atoms with Crippen molar-refractivity contribution in [2.24, 2.45) is 37.4 Å². The summed E-state index contributed by atoms with van der Waals surface area (Å²) in [6, 6.07) is 43.7. The van der Waals surface area contributed by atoms with Gasteiger partial charge in [0.2, 0.25) is 17.1 Å². The van der Waals surface area contributed by atoms with Crippen LogP contribution in [0.15, 0.2) is 134 Å². The Kier molecular flexibility index (Phi) is 17.0. The van der Waals surface area contributed by atoms with Crippen molar-refractivity contribution in [3.63, 3.8) is 0 Å². The molecular formula is C89H106N3+3. The van der Waals surface area contributed by atoms with Gasteiger partial charge in [-0.25, -0.2) is 13.7 Å². The number of hydrogen-bond donors (Lipinski definition) is 0. The Morgan fingerprint density at radius 1 is 0.293 bits per heavy atom. The van der Waals surface area contributed by atoms with Gasteiger partial charge in [0.05, 0.1) is 16.7 Å². The molecule has 0 spiro atoms. The predicted molar refractivity (Wildman–Crippen MR) is 387 cm³/mol. The second kappa shape index (κ2) is 24.6. The molecule has 3 nitrogen and oxygen atoms in total. The zero-order chi connectivity index (χ0) is 64.9. The maximum absolute atomic E-state index is 2.47. The van der Waals surface area contributed by atoms with Gasteiger partial charge in [0, 0.05) is 34.9 Å². The summed E-state index contributed by atoms with van der Waals surface area (Å²) in [5.74, 6) is 2.13. The summed E-state index contributed by atoms with van der Waals surface area (Å²) in [4.78, 5) is 0. The van der Waals surface area contributed by atoms with Gasteiger partial charge in [-0.2, -0.15) is 0 Å². The molecule has 0 amide bonds. The predicted octanol–water partition coefficient (Wildman–Crippen LogP) is 21.8. The molecule has 0 saturated heterocycles. The Morgan fingerprint density at radius 3 is 1.11 bits per heavy atom. The second-order valence-electron chi connectivity index (χ2n) is 32.3. The minimum atomic E-state index is 0.515. The van der Waals surface area contributed by atoms with Gasteiger partial charge in [0.15, 0.2) is 18.6 Å². The Labute approximate surface area is 554 Å². The van der Waals surface area contributed by atoms with E-state index in [0.29, 0.717) is 34.0 Å². The van der Waals surface area contributed by atoms with Crippen molar-refractivity contribution >= 4 is 0 Å². The van der Waals surface area contributed by atoms with Crippen molar-refractivity contribution in [2.75, 3.05) is 0 Å². The van der Waals surface area contributed by atoms with Crippen LogP contribution in [0.4, 0.5) is 0 Å². The minimum absolute atomic E-state index is 0.515. The Balaban J connectivity index is 0.000000126. The Bertz CT molecular complexity index is 4360. The largest absolute Gasteiger partial charge is 0.213 e. The molecule has 15 rings (SSSR count). The summed E-state index contributed by atoms with van der Waals surface area (Å²) in [5.41, 5.74) is 43.5. The third-order valence-electron chi connectivity index (χ3n) is 23.9. The lowest BCUT2D eigenvalue weighted by molar-refractivity contribution is -0.661. The van der Waals surface area contributed by atoms with Crippen LogP contribution in [-0.4, -0.2) is 0 Å². The number of nitrogens with zero attached hydrogens (tertiary/aromatic N) is 3. The second-order valence-corrected chi connectivity index (χ2v) is 32.3. The lowest BCUT2D eigenvalue weighted by Crippen LogP contribution is -2.33. The lowest BCUT2D eigenvalue weighted by atomic mass is 9.71. The van der Waals surface area contributed by atoms with Gasteiger partial charge in [0.1, 0.15) is 21.1 Å². The van der Waals surface area contributed by atoms with Gasteiger partial charge in [-0.1, -0.05) is 139 Å². The molecule has 0 radical (unpaired) electrons. The number of aryl methyl sites for hydroxylation is 11. The quantitative estimate of drug-likeness (QED) is 0.147. The van der Waals surface area contributed by atoms with Gasteiger partial charge in [0.25, 0.3) is 0 Å². The summed E-state index contributed by atoms with van der Waals surface area (Å²) in [7, 11) is 6.74. The average Bonchev–Trinajstić information content (AvgIpc) is 1.55. The zero-order valence-corrected chi connectivity index (χ0v) is 59.4. The van der Waals surface area contributed by atoms with Crippen LogP contribution >= 0.6 is 0 Å². The molecule has 3 fully saturated rings. The van der Waals surface area contributed by atoms with E-state index in [0.717, 1.165) is 19.3 Å². The van der Waals surface area contributed by atoms with Gasteiger partial charge in [-0.3, -0.25) is 0 Å². The van der Waals surface area contributed by atoms with Crippen molar-refractivity contribution in [3.05, 3.63) is 228 Å². The highest BCUT2D eigenvalue weighted by atomic mass is 14.9. The minimum Gasteiger partial charge on any atom is -0.201 e. The van der Waals surface area contributed by atoms with Crippen LogP contribution in [0.25, 0.3) is 67.2 Å². The zero-order valence-electron chi connectivity index (χ0n) is 59.4. The Hall–Kier alpha value is -7.23. The smallest absolute Gasteiger partial charge is 0.201 e. The van der Waals surface area contributed by atoms with Crippen LogP contribution < -0.4 is 13.7 Å². The number of rotatable bonds is 6. The van der Waals surface area contributed by atoms with Crippen LogP contribution in [0.1, 0.15) is 231 Å². The van der Waals surface area contributed by atoms with E-state index in [1.807, 2.05) is 0 Å². The van der Waals surface area contributed by atoms with Crippen molar-refractivity contribution < 1.29 is 13.7 Å². The molecule has 474 valence electrons. The molecule has 0 aliphatic heterocycles.